The van der Waals surface area contributed by atoms with Crippen LogP contribution < -0.4 is 11.1 Å². The largest absolute Gasteiger partial charge is 0.350 e. The Labute approximate surface area is 164 Å². The highest BCUT2D eigenvalue weighted by Gasteiger charge is 2.26. The van der Waals surface area contributed by atoms with E-state index in [0.717, 1.165) is 23.9 Å². The fourth-order valence-electron chi connectivity index (χ4n) is 3.77. The van der Waals surface area contributed by atoms with Crippen LogP contribution in [0.1, 0.15) is 18.7 Å². The van der Waals surface area contributed by atoms with Gasteiger partial charge in [0.2, 0.25) is 5.95 Å². The van der Waals surface area contributed by atoms with E-state index in [1.165, 1.54) is 4.57 Å². The quantitative estimate of drug-likeness (QED) is 0.536. The summed E-state index contributed by atoms with van der Waals surface area (Å²) in [6, 6.07) is 6.07. The van der Waals surface area contributed by atoms with E-state index in [0.29, 0.717) is 34.7 Å². The molecular weight excluding hydrogens is 378 g/mol. The van der Waals surface area contributed by atoms with Crippen LogP contribution in [0.4, 0.5) is 14.7 Å². The fraction of sp³-hybridized carbons (Fsp3) is 0.368. The monoisotopic (exact) mass is 398 g/mol. The van der Waals surface area contributed by atoms with E-state index in [4.69, 9.17) is 5.73 Å². The van der Waals surface area contributed by atoms with Gasteiger partial charge in [-0.2, -0.15) is 0 Å². The van der Waals surface area contributed by atoms with Gasteiger partial charge < -0.3 is 15.6 Å². The number of aromatic nitrogens is 6. The number of anilines is 1. The van der Waals surface area contributed by atoms with E-state index in [-0.39, 0.29) is 6.04 Å². The van der Waals surface area contributed by atoms with E-state index >= 15 is 0 Å². The Morgan fingerprint density at radius 1 is 1.24 bits per heavy atom. The van der Waals surface area contributed by atoms with Crippen LogP contribution in [-0.2, 0) is 6.54 Å². The molecule has 8 nitrogen and oxygen atoms in total. The Morgan fingerprint density at radius 2 is 2.07 bits per heavy atom. The zero-order valence-electron chi connectivity index (χ0n) is 15.8. The maximum atomic E-state index is 13.0. The molecule has 1 aliphatic carbocycles. The Hall–Kier alpha value is -3.14. The van der Waals surface area contributed by atoms with Gasteiger partial charge in [-0.1, -0.05) is 0 Å². The molecule has 10 heteroatoms. The van der Waals surface area contributed by atoms with Crippen LogP contribution in [0.15, 0.2) is 30.6 Å². The van der Waals surface area contributed by atoms with Gasteiger partial charge >= 0.3 is 0 Å². The molecule has 0 radical (unpaired) electrons. The summed E-state index contributed by atoms with van der Waals surface area (Å²) < 4.78 is 29.1. The maximum absolute atomic E-state index is 13.0. The first-order valence-corrected chi connectivity index (χ1v) is 9.47. The number of nitrogens with two attached hydrogens (primary N) is 1. The van der Waals surface area contributed by atoms with Crippen molar-refractivity contribution in [3.05, 3.63) is 36.4 Å². The van der Waals surface area contributed by atoms with Crippen molar-refractivity contribution >= 4 is 22.6 Å². The molecule has 0 amide bonds. The first kappa shape index (κ1) is 17.9. The summed E-state index contributed by atoms with van der Waals surface area (Å²) >= 11 is 0. The van der Waals surface area contributed by atoms with Crippen LogP contribution >= 0.6 is 0 Å². The highest BCUT2D eigenvalue weighted by molar-refractivity contribution is 5.82. The smallest absolute Gasteiger partial charge is 0.256 e. The van der Waals surface area contributed by atoms with Gasteiger partial charge in [-0.25, -0.2) is 28.2 Å². The molecule has 1 fully saturated rings. The van der Waals surface area contributed by atoms with E-state index in [2.05, 4.69) is 25.4 Å². The van der Waals surface area contributed by atoms with Gasteiger partial charge in [0.05, 0.1) is 24.0 Å². The van der Waals surface area contributed by atoms with Gasteiger partial charge in [-0.3, -0.25) is 0 Å². The number of hydrogen-bond acceptors (Lipinski definition) is 6. The van der Waals surface area contributed by atoms with Crippen molar-refractivity contribution in [2.75, 3.05) is 5.32 Å². The Bertz CT molecular complexity index is 1190. The first-order valence-electron chi connectivity index (χ1n) is 9.47. The molecular formula is C19H20F2N8. The standard InChI is InChI=1S/C19H20F2N8/c1-10-24-15-3-2-14(26-18(15)28(10)9-17(20)21)13-4-5-29-16(13)8-23-19(27-29)25-12-6-11(22)7-12/h2-5,8,11-12,17H,6-7,9,22H2,1H3,(H,25,27). The number of pyridine rings is 1. The van der Waals surface area contributed by atoms with E-state index < -0.39 is 13.0 Å². The number of imidazole rings is 1. The molecule has 0 unspecified atom stereocenters. The summed E-state index contributed by atoms with van der Waals surface area (Å²) in [7, 11) is 0. The number of aryl methyl sites for hydroxylation is 1. The summed E-state index contributed by atoms with van der Waals surface area (Å²) in [5.41, 5.74) is 9.12. The molecule has 150 valence electrons. The predicted octanol–water partition coefficient (Wildman–Crippen LogP) is 2.62. The lowest BCUT2D eigenvalue weighted by Crippen LogP contribution is -2.44. The van der Waals surface area contributed by atoms with Gasteiger partial charge in [-0.05, 0) is 38.0 Å². The van der Waals surface area contributed by atoms with Crippen LogP contribution in [0.3, 0.4) is 0 Å². The van der Waals surface area contributed by atoms with Crippen LogP contribution in [0.25, 0.3) is 27.9 Å². The summed E-state index contributed by atoms with van der Waals surface area (Å²) in [6.45, 7) is 1.27. The molecule has 0 saturated heterocycles. The molecule has 0 spiro atoms. The molecule has 0 atom stereocenters. The summed E-state index contributed by atoms with van der Waals surface area (Å²) in [4.78, 5) is 13.3. The number of alkyl halides is 2. The Kier molecular flexibility index (Phi) is 4.16. The lowest BCUT2D eigenvalue weighted by molar-refractivity contribution is 0.127. The SMILES string of the molecule is Cc1nc2ccc(-c3ccn4nc(NC5CC(N)C5)ncc34)nc2n1CC(F)F. The molecule has 0 aromatic carbocycles. The Balaban J connectivity index is 1.50. The molecule has 0 bridgehead atoms. The highest BCUT2D eigenvalue weighted by atomic mass is 19.3. The van der Waals surface area contributed by atoms with Crippen LogP contribution in [0, 0.1) is 6.92 Å². The van der Waals surface area contributed by atoms with Crippen molar-refractivity contribution in [3.8, 4) is 11.3 Å². The minimum atomic E-state index is -2.48. The number of halogens is 2. The third-order valence-corrected chi connectivity index (χ3v) is 5.30. The first-order chi connectivity index (χ1) is 14.0. The van der Waals surface area contributed by atoms with E-state index in [1.807, 2.05) is 18.3 Å². The Morgan fingerprint density at radius 3 is 2.83 bits per heavy atom. The molecule has 3 N–H and O–H groups in total. The highest BCUT2D eigenvalue weighted by Crippen LogP contribution is 2.27. The number of rotatable bonds is 5. The van der Waals surface area contributed by atoms with Crippen molar-refractivity contribution in [1.82, 2.24) is 29.1 Å². The molecule has 1 saturated carbocycles. The second kappa shape index (κ2) is 6.73. The fourth-order valence-corrected chi connectivity index (χ4v) is 3.77. The second-order valence-corrected chi connectivity index (χ2v) is 7.41. The lowest BCUT2D eigenvalue weighted by atomic mass is 9.88. The zero-order chi connectivity index (χ0) is 20.1. The third kappa shape index (κ3) is 3.19. The third-order valence-electron chi connectivity index (χ3n) is 5.30. The van der Waals surface area contributed by atoms with Gasteiger partial charge in [0.15, 0.2) is 5.65 Å². The van der Waals surface area contributed by atoms with E-state index in [1.54, 1.807) is 23.7 Å². The van der Waals surface area contributed by atoms with Gasteiger partial charge in [0.25, 0.3) is 6.43 Å². The van der Waals surface area contributed by atoms with E-state index in [9.17, 15) is 8.78 Å². The van der Waals surface area contributed by atoms with Gasteiger partial charge in [0, 0.05) is 23.8 Å². The summed E-state index contributed by atoms with van der Waals surface area (Å²) in [5, 5.41) is 7.78. The molecule has 5 rings (SSSR count). The predicted molar refractivity (Wildman–Crippen MR) is 105 cm³/mol. The van der Waals surface area contributed by atoms with Crippen LogP contribution in [-0.4, -0.2) is 47.6 Å². The minimum Gasteiger partial charge on any atom is -0.350 e. The average molecular weight is 398 g/mol. The minimum absolute atomic E-state index is 0.248. The molecule has 4 aromatic heterocycles. The van der Waals surface area contributed by atoms with Crippen molar-refractivity contribution in [2.45, 2.75) is 44.8 Å². The van der Waals surface area contributed by atoms with Crippen molar-refractivity contribution in [1.29, 1.82) is 0 Å². The van der Waals surface area contributed by atoms with Gasteiger partial charge in [-0.15, -0.1) is 5.10 Å². The topological polar surface area (TPSA) is 98.9 Å². The average Bonchev–Trinajstić information content (AvgIpc) is 3.21. The molecule has 4 heterocycles. The summed E-state index contributed by atoms with van der Waals surface area (Å²) in [6.07, 6.45) is 2.91. The molecule has 1 aliphatic rings. The van der Waals surface area contributed by atoms with Gasteiger partial charge in [0.1, 0.15) is 11.3 Å². The second-order valence-electron chi connectivity index (χ2n) is 7.41. The lowest BCUT2D eigenvalue weighted by Gasteiger charge is -2.32. The van der Waals surface area contributed by atoms with Crippen molar-refractivity contribution in [2.24, 2.45) is 5.73 Å². The van der Waals surface area contributed by atoms with Crippen molar-refractivity contribution < 1.29 is 8.78 Å². The zero-order valence-corrected chi connectivity index (χ0v) is 15.8. The summed E-state index contributed by atoms with van der Waals surface area (Å²) in [5.74, 6) is 1.06. The number of fused-ring (bicyclic) bond motifs is 2. The van der Waals surface area contributed by atoms with Crippen molar-refractivity contribution in [3.63, 3.8) is 0 Å². The molecule has 4 aromatic rings. The van der Waals surface area contributed by atoms with Crippen LogP contribution in [0.2, 0.25) is 0 Å². The maximum Gasteiger partial charge on any atom is 0.256 e. The normalized spacial score (nSPS) is 19.2. The molecule has 29 heavy (non-hydrogen) atoms. The van der Waals surface area contributed by atoms with Crippen LogP contribution in [0.5, 0.6) is 0 Å². The number of nitrogens with zero attached hydrogens (tertiary/aromatic N) is 6. The molecule has 0 aliphatic heterocycles. The number of hydrogen-bond donors (Lipinski definition) is 2. The number of nitrogens with one attached hydrogen (secondary N) is 1.